The van der Waals surface area contributed by atoms with Gasteiger partial charge in [-0.15, -0.1) is 0 Å². The van der Waals surface area contributed by atoms with Crippen LogP contribution in [-0.2, 0) is 23.1 Å². The summed E-state index contributed by atoms with van der Waals surface area (Å²) < 4.78 is 17.5. The molecule has 2 rings (SSSR count). The van der Waals surface area contributed by atoms with Crippen LogP contribution in [0.2, 0.25) is 0 Å². The van der Waals surface area contributed by atoms with E-state index in [2.05, 4.69) is 15.2 Å². The van der Waals surface area contributed by atoms with Crippen LogP contribution in [0.1, 0.15) is 18.1 Å². The van der Waals surface area contributed by atoms with Gasteiger partial charge < -0.3 is 15.0 Å². The van der Waals surface area contributed by atoms with Crippen molar-refractivity contribution in [2.45, 2.75) is 19.2 Å². The predicted octanol–water partition coefficient (Wildman–Crippen LogP) is 3.04. The van der Waals surface area contributed by atoms with E-state index in [0.717, 1.165) is 30.4 Å². The van der Waals surface area contributed by atoms with Crippen molar-refractivity contribution in [3.8, 4) is 5.75 Å². The molecule has 0 aliphatic carbocycles. The molecule has 1 N–H and O–H groups in total. The van der Waals surface area contributed by atoms with Gasteiger partial charge in [-0.25, -0.2) is 0 Å². The summed E-state index contributed by atoms with van der Waals surface area (Å²) in [4.78, 5) is 6.71. The van der Waals surface area contributed by atoms with Crippen LogP contribution in [0.15, 0.2) is 59.6 Å². The predicted molar refractivity (Wildman–Crippen MR) is 114 cm³/mol. The minimum absolute atomic E-state index is 0.536. The van der Waals surface area contributed by atoms with Crippen molar-refractivity contribution in [2.75, 3.05) is 33.0 Å². The first-order chi connectivity index (χ1) is 13.1. The van der Waals surface area contributed by atoms with Crippen LogP contribution in [0, 0.1) is 0 Å². The van der Waals surface area contributed by atoms with Gasteiger partial charge >= 0.3 is 0 Å². The Morgan fingerprint density at radius 2 is 1.81 bits per heavy atom. The largest absolute Gasteiger partial charge is 0.497 e. The van der Waals surface area contributed by atoms with Crippen LogP contribution in [-0.4, -0.2) is 48.1 Å². The number of benzene rings is 2. The Hall–Kier alpha value is -2.34. The van der Waals surface area contributed by atoms with E-state index in [-0.39, 0.29) is 0 Å². The average molecular weight is 388 g/mol. The SMILES string of the molecule is CCNC(=NCCS(=O)Cc1ccccc1)N(C)Cc1ccc(OC)cc1. The van der Waals surface area contributed by atoms with Gasteiger partial charge in [-0.3, -0.25) is 9.20 Å². The van der Waals surface area contributed by atoms with Crippen LogP contribution in [0.5, 0.6) is 5.75 Å². The molecule has 2 aromatic carbocycles. The van der Waals surface area contributed by atoms with Gasteiger partial charge in [0.15, 0.2) is 5.96 Å². The molecule has 1 unspecified atom stereocenters. The third-order valence-corrected chi connectivity index (χ3v) is 5.32. The summed E-state index contributed by atoms with van der Waals surface area (Å²) in [6.07, 6.45) is 0. The highest BCUT2D eigenvalue weighted by molar-refractivity contribution is 7.84. The van der Waals surface area contributed by atoms with E-state index in [0.29, 0.717) is 18.1 Å². The number of nitrogens with one attached hydrogen (secondary N) is 1. The molecule has 0 amide bonds. The first-order valence-electron chi connectivity index (χ1n) is 9.13. The Labute approximate surface area is 164 Å². The lowest BCUT2D eigenvalue weighted by Gasteiger charge is -2.22. The lowest BCUT2D eigenvalue weighted by atomic mass is 10.2. The van der Waals surface area contributed by atoms with Crippen LogP contribution < -0.4 is 10.1 Å². The van der Waals surface area contributed by atoms with Crippen molar-refractivity contribution in [1.82, 2.24) is 10.2 Å². The van der Waals surface area contributed by atoms with Gasteiger partial charge in [-0.1, -0.05) is 42.5 Å². The van der Waals surface area contributed by atoms with Crippen molar-refractivity contribution in [2.24, 2.45) is 4.99 Å². The van der Waals surface area contributed by atoms with Crippen molar-refractivity contribution in [3.05, 3.63) is 65.7 Å². The molecule has 0 bridgehead atoms. The third kappa shape index (κ3) is 7.43. The fourth-order valence-corrected chi connectivity index (χ4v) is 3.64. The molecular weight excluding hydrogens is 358 g/mol. The second-order valence-electron chi connectivity index (χ2n) is 6.21. The molecule has 0 saturated carbocycles. The molecule has 2 aromatic rings. The number of hydrogen-bond donors (Lipinski definition) is 1. The molecule has 0 spiro atoms. The second-order valence-corrected chi connectivity index (χ2v) is 7.79. The number of guanidine groups is 1. The Morgan fingerprint density at radius 1 is 1.11 bits per heavy atom. The molecule has 0 radical (unpaired) electrons. The highest BCUT2D eigenvalue weighted by Gasteiger charge is 2.07. The van der Waals surface area contributed by atoms with Crippen LogP contribution >= 0.6 is 0 Å². The lowest BCUT2D eigenvalue weighted by molar-refractivity contribution is 0.414. The van der Waals surface area contributed by atoms with Gasteiger partial charge in [-0.2, -0.15) is 0 Å². The van der Waals surface area contributed by atoms with E-state index in [1.165, 1.54) is 5.56 Å². The Bertz CT molecular complexity index is 733. The van der Waals surface area contributed by atoms with Crippen LogP contribution in [0.4, 0.5) is 0 Å². The van der Waals surface area contributed by atoms with Gasteiger partial charge in [0.1, 0.15) is 5.75 Å². The summed E-state index contributed by atoms with van der Waals surface area (Å²) in [5.74, 6) is 2.81. The maximum absolute atomic E-state index is 12.3. The highest BCUT2D eigenvalue weighted by atomic mass is 32.2. The zero-order chi connectivity index (χ0) is 19.5. The minimum Gasteiger partial charge on any atom is -0.497 e. The maximum Gasteiger partial charge on any atom is 0.193 e. The third-order valence-electron chi connectivity index (χ3n) is 4.03. The molecule has 5 nitrogen and oxygen atoms in total. The molecule has 0 aromatic heterocycles. The summed E-state index contributed by atoms with van der Waals surface area (Å²) in [6, 6.07) is 17.9. The zero-order valence-corrected chi connectivity index (χ0v) is 17.2. The number of hydrogen-bond acceptors (Lipinski definition) is 3. The summed E-state index contributed by atoms with van der Waals surface area (Å²) >= 11 is 0. The number of ether oxygens (including phenoxy) is 1. The van der Waals surface area contributed by atoms with Crippen molar-refractivity contribution in [3.63, 3.8) is 0 Å². The molecule has 0 saturated heterocycles. The fraction of sp³-hybridized carbons (Fsp3) is 0.381. The van der Waals surface area contributed by atoms with Gasteiger partial charge in [0.05, 0.1) is 13.7 Å². The number of methoxy groups -OCH3 is 1. The lowest BCUT2D eigenvalue weighted by Crippen LogP contribution is -2.38. The Kier molecular flexibility index (Phi) is 8.84. The first kappa shape index (κ1) is 21.0. The minimum atomic E-state index is -0.914. The van der Waals surface area contributed by atoms with E-state index in [4.69, 9.17) is 4.74 Å². The second kappa shape index (κ2) is 11.4. The van der Waals surface area contributed by atoms with Crippen molar-refractivity contribution < 1.29 is 8.95 Å². The molecule has 0 aliphatic heterocycles. The maximum atomic E-state index is 12.3. The normalized spacial score (nSPS) is 12.5. The van der Waals surface area contributed by atoms with E-state index >= 15 is 0 Å². The quantitative estimate of drug-likeness (QED) is 0.531. The van der Waals surface area contributed by atoms with Crippen LogP contribution in [0.3, 0.4) is 0 Å². The highest BCUT2D eigenvalue weighted by Crippen LogP contribution is 2.12. The van der Waals surface area contributed by atoms with Gasteiger partial charge in [0.25, 0.3) is 0 Å². The van der Waals surface area contributed by atoms with Gasteiger partial charge in [-0.05, 0) is 30.2 Å². The number of rotatable bonds is 9. The molecule has 27 heavy (non-hydrogen) atoms. The molecule has 0 aliphatic rings. The number of nitrogens with zero attached hydrogens (tertiary/aromatic N) is 2. The smallest absolute Gasteiger partial charge is 0.193 e. The standard InChI is InChI=1S/C21H29N3O2S/c1-4-22-21(24(2)16-18-10-12-20(26-3)13-11-18)23-14-15-27(25)17-19-8-6-5-7-9-19/h5-13H,4,14-17H2,1-3H3,(H,22,23). The molecule has 0 fully saturated rings. The van der Waals surface area contributed by atoms with Gasteiger partial charge in [0, 0.05) is 42.4 Å². The Balaban J connectivity index is 1.88. The van der Waals surface area contributed by atoms with Crippen molar-refractivity contribution >= 4 is 16.8 Å². The van der Waals surface area contributed by atoms with E-state index < -0.39 is 10.8 Å². The van der Waals surface area contributed by atoms with Gasteiger partial charge in [0.2, 0.25) is 0 Å². The topological polar surface area (TPSA) is 53.9 Å². The summed E-state index contributed by atoms with van der Waals surface area (Å²) in [6.45, 7) is 4.11. The van der Waals surface area contributed by atoms with Crippen molar-refractivity contribution in [1.29, 1.82) is 0 Å². The van der Waals surface area contributed by atoms with E-state index in [1.807, 2.05) is 68.6 Å². The first-order valence-corrected chi connectivity index (χ1v) is 10.6. The summed E-state index contributed by atoms with van der Waals surface area (Å²) in [5.41, 5.74) is 2.28. The fourth-order valence-electron chi connectivity index (χ4n) is 2.64. The summed E-state index contributed by atoms with van der Waals surface area (Å²) in [7, 11) is 2.76. The Morgan fingerprint density at radius 3 is 2.44 bits per heavy atom. The van der Waals surface area contributed by atoms with E-state index in [1.54, 1.807) is 7.11 Å². The summed E-state index contributed by atoms with van der Waals surface area (Å²) in [5, 5.41) is 3.30. The molecular formula is C21H29N3O2S. The molecule has 0 heterocycles. The molecule has 146 valence electrons. The van der Waals surface area contributed by atoms with Crippen LogP contribution in [0.25, 0.3) is 0 Å². The van der Waals surface area contributed by atoms with E-state index in [9.17, 15) is 4.21 Å². The monoisotopic (exact) mass is 387 g/mol. The molecule has 6 heteroatoms. The molecule has 1 atom stereocenters. The average Bonchev–Trinajstić information content (AvgIpc) is 2.68. The zero-order valence-electron chi connectivity index (χ0n) is 16.4. The number of aliphatic imine (C=N–C) groups is 1.